The molecule has 0 aromatic heterocycles. The van der Waals surface area contributed by atoms with Gasteiger partial charge in [0.1, 0.15) is 5.75 Å². The van der Waals surface area contributed by atoms with Gasteiger partial charge in [-0.25, -0.2) is 0 Å². The second-order valence-electron chi connectivity index (χ2n) is 6.60. The van der Waals surface area contributed by atoms with Crippen molar-refractivity contribution in [3.63, 3.8) is 0 Å². The van der Waals surface area contributed by atoms with E-state index in [4.69, 9.17) is 16.3 Å². The van der Waals surface area contributed by atoms with E-state index in [1.807, 2.05) is 0 Å². The predicted octanol–water partition coefficient (Wildman–Crippen LogP) is 4.55. The molecule has 116 valence electrons. The standard InChI is InChI=1S/C18H26ClNO/c1-21-18-16(15-6-2-3-7-15)10-14(11-17(18)19)9-13-5-4-8-20-12-13/h10-11,13,15,20H,2-9,12H2,1H3. The second kappa shape index (κ2) is 7.02. The molecular weight excluding hydrogens is 282 g/mol. The molecule has 1 saturated heterocycles. The molecule has 3 rings (SSSR count). The number of ether oxygens (including phenoxy) is 1. The van der Waals surface area contributed by atoms with E-state index < -0.39 is 0 Å². The minimum Gasteiger partial charge on any atom is -0.495 e. The van der Waals surface area contributed by atoms with Crippen molar-refractivity contribution >= 4 is 11.6 Å². The van der Waals surface area contributed by atoms with Gasteiger partial charge in [0.25, 0.3) is 0 Å². The van der Waals surface area contributed by atoms with Crippen molar-refractivity contribution in [2.75, 3.05) is 20.2 Å². The molecule has 2 aliphatic rings. The zero-order valence-electron chi connectivity index (χ0n) is 13.0. The highest BCUT2D eigenvalue weighted by molar-refractivity contribution is 6.32. The van der Waals surface area contributed by atoms with E-state index in [-0.39, 0.29) is 0 Å². The van der Waals surface area contributed by atoms with Gasteiger partial charge in [0.2, 0.25) is 0 Å². The molecule has 1 N–H and O–H groups in total. The molecule has 21 heavy (non-hydrogen) atoms. The van der Waals surface area contributed by atoms with Crippen LogP contribution in [0, 0.1) is 5.92 Å². The van der Waals surface area contributed by atoms with Gasteiger partial charge in [-0.2, -0.15) is 0 Å². The molecule has 2 fully saturated rings. The number of nitrogens with one attached hydrogen (secondary N) is 1. The van der Waals surface area contributed by atoms with Crippen LogP contribution in [-0.4, -0.2) is 20.2 Å². The number of hydrogen-bond donors (Lipinski definition) is 1. The largest absolute Gasteiger partial charge is 0.495 e. The Hall–Kier alpha value is -0.730. The van der Waals surface area contributed by atoms with E-state index in [1.54, 1.807) is 7.11 Å². The number of benzene rings is 1. The van der Waals surface area contributed by atoms with Crippen molar-refractivity contribution in [3.8, 4) is 5.75 Å². The molecule has 0 radical (unpaired) electrons. The van der Waals surface area contributed by atoms with Gasteiger partial charge in [-0.3, -0.25) is 0 Å². The summed E-state index contributed by atoms with van der Waals surface area (Å²) in [4.78, 5) is 0. The number of rotatable bonds is 4. The summed E-state index contributed by atoms with van der Waals surface area (Å²) in [7, 11) is 1.74. The van der Waals surface area contributed by atoms with Crippen molar-refractivity contribution in [2.24, 2.45) is 5.92 Å². The Bertz CT molecular complexity index is 476. The normalized spacial score (nSPS) is 23.4. The van der Waals surface area contributed by atoms with E-state index in [0.29, 0.717) is 5.92 Å². The van der Waals surface area contributed by atoms with Gasteiger partial charge in [-0.1, -0.05) is 30.5 Å². The zero-order chi connectivity index (χ0) is 14.7. The molecule has 0 spiro atoms. The Morgan fingerprint density at radius 1 is 1.19 bits per heavy atom. The molecule has 1 aromatic rings. The maximum absolute atomic E-state index is 6.49. The molecule has 1 atom stereocenters. The summed E-state index contributed by atoms with van der Waals surface area (Å²) >= 11 is 6.49. The SMILES string of the molecule is COc1c(Cl)cc(CC2CCCNC2)cc1C1CCCC1. The maximum atomic E-state index is 6.49. The molecule has 3 heteroatoms. The van der Waals surface area contributed by atoms with E-state index in [2.05, 4.69) is 17.4 Å². The topological polar surface area (TPSA) is 21.3 Å². The molecule has 1 saturated carbocycles. The lowest BCUT2D eigenvalue weighted by atomic mass is 9.89. The van der Waals surface area contributed by atoms with Gasteiger partial charge in [-0.05, 0) is 74.2 Å². The fraction of sp³-hybridized carbons (Fsp3) is 0.667. The zero-order valence-corrected chi connectivity index (χ0v) is 13.7. The smallest absolute Gasteiger partial charge is 0.140 e. The molecule has 1 aliphatic heterocycles. The molecule has 1 heterocycles. The molecule has 0 bridgehead atoms. The summed E-state index contributed by atoms with van der Waals surface area (Å²) in [6, 6.07) is 4.49. The first-order valence-electron chi connectivity index (χ1n) is 8.35. The highest BCUT2D eigenvalue weighted by atomic mass is 35.5. The summed E-state index contributed by atoms with van der Waals surface area (Å²) in [5.74, 6) is 2.30. The van der Waals surface area contributed by atoms with Crippen LogP contribution in [0.3, 0.4) is 0 Å². The highest BCUT2D eigenvalue weighted by Gasteiger charge is 2.23. The monoisotopic (exact) mass is 307 g/mol. The predicted molar refractivity (Wildman–Crippen MR) is 88.5 cm³/mol. The van der Waals surface area contributed by atoms with E-state index in [9.17, 15) is 0 Å². The minimum absolute atomic E-state index is 0.641. The highest BCUT2D eigenvalue weighted by Crippen LogP contribution is 2.42. The Kier molecular flexibility index (Phi) is 5.07. The average molecular weight is 308 g/mol. The molecule has 1 aliphatic carbocycles. The third-order valence-electron chi connectivity index (χ3n) is 5.05. The van der Waals surface area contributed by atoms with Crippen molar-refractivity contribution in [3.05, 3.63) is 28.3 Å². The van der Waals surface area contributed by atoms with Crippen LogP contribution < -0.4 is 10.1 Å². The molecule has 0 amide bonds. The van der Waals surface area contributed by atoms with E-state index in [1.165, 1.54) is 56.2 Å². The Labute approximate surface area is 133 Å². The number of methoxy groups -OCH3 is 1. The first kappa shape index (κ1) is 15.2. The molecule has 1 unspecified atom stereocenters. The Morgan fingerprint density at radius 3 is 2.67 bits per heavy atom. The maximum Gasteiger partial charge on any atom is 0.140 e. The summed E-state index contributed by atoms with van der Waals surface area (Å²) in [5.41, 5.74) is 2.73. The average Bonchev–Trinajstić information content (AvgIpc) is 3.02. The van der Waals surface area contributed by atoms with E-state index in [0.717, 1.165) is 29.7 Å². The van der Waals surface area contributed by atoms with Gasteiger partial charge in [0.15, 0.2) is 0 Å². The van der Waals surface area contributed by atoms with Crippen molar-refractivity contribution in [2.45, 2.75) is 50.9 Å². The fourth-order valence-corrected chi connectivity index (χ4v) is 4.30. The van der Waals surface area contributed by atoms with Crippen LogP contribution >= 0.6 is 11.6 Å². The third kappa shape index (κ3) is 3.54. The van der Waals surface area contributed by atoms with Crippen LogP contribution in [0.15, 0.2) is 12.1 Å². The van der Waals surface area contributed by atoms with E-state index >= 15 is 0 Å². The van der Waals surface area contributed by atoms with Crippen LogP contribution in [0.25, 0.3) is 0 Å². The summed E-state index contributed by atoms with van der Waals surface area (Å²) < 4.78 is 5.59. The lowest BCUT2D eigenvalue weighted by molar-refractivity contribution is 0.375. The van der Waals surface area contributed by atoms with Crippen LogP contribution in [-0.2, 0) is 6.42 Å². The first-order valence-corrected chi connectivity index (χ1v) is 8.72. The molecular formula is C18H26ClNO. The van der Waals surface area contributed by atoms with Crippen molar-refractivity contribution in [1.29, 1.82) is 0 Å². The van der Waals surface area contributed by atoms with Crippen LogP contribution in [0.2, 0.25) is 5.02 Å². The van der Waals surface area contributed by atoms with Gasteiger partial charge in [0, 0.05) is 0 Å². The first-order chi connectivity index (χ1) is 10.3. The summed E-state index contributed by atoms with van der Waals surface area (Å²) in [6.07, 6.45) is 8.99. The Balaban J connectivity index is 1.83. The number of piperidine rings is 1. The summed E-state index contributed by atoms with van der Waals surface area (Å²) in [6.45, 7) is 2.32. The molecule has 1 aromatic carbocycles. The lowest BCUT2D eigenvalue weighted by Gasteiger charge is -2.24. The quantitative estimate of drug-likeness (QED) is 0.881. The van der Waals surface area contributed by atoms with Crippen molar-refractivity contribution in [1.82, 2.24) is 5.32 Å². The summed E-state index contributed by atoms with van der Waals surface area (Å²) in [5, 5.41) is 4.30. The molecule has 2 nitrogen and oxygen atoms in total. The lowest BCUT2D eigenvalue weighted by Crippen LogP contribution is -2.30. The van der Waals surface area contributed by atoms with Crippen molar-refractivity contribution < 1.29 is 4.74 Å². The van der Waals surface area contributed by atoms with Crippen LogP contribution in [0.5, 0.6) is 5.75 Å². The minimum atomic E-state index is 0.641. The van der Waals surface area contributed by atoms with Gasteiger partial charge in [-0.15, -0.1) is 0 Å². The van der Waals surface area contributed by atoms with Gasteiger partial charge in [0.05, 0.1) is 12.1 Å². The third-order valence-corrected chi connectivity index (χ3v) is 5.34. The van der Waals surface area contributed by atoms with Crippen LogP contribution in [0.4, 0.5) is 0 Å². The van der Waals surface area contributed by atoms with Gasteiger partial charge < -0.3 is 10.1 Å². The van der Waals surface area contributed by atoms with Gasteiger partial charge >= 0.3 is 0 Å². The Morgan fingerprint density at radius 2 is 2.00 bits per heavy atom. The number of halogens is 1. The fourth-order valence-electron chi connectivity index (χ4n) is 3.98. The second-order valence-corrected chi connectivity index (χ2v) is 7.01. The number of hydrogen-bond acceptors (Lipinski definition) is 2. The van der Waals surface area contributed by atoms with Crippen LogP contribution in [0.1, 0.15) is 55.6 Å².